The van der Waals surface area contributed by atoms with Crippen molar-refractivity contribution >= 4 is 29.6 Å². The lowest BCUT2D eigenvalue weighted by Gasteiger charge is -2.23. The number of aromatic nitrogens is 2. The van der Waals surface area contributed by atoms with Crippen LogP contribution < -0.4 is 15.8 Å². The summed E-state index contributed by atoms with van der Waals surface area (Å²) in [5.74, 6) is 2.46. The quantitative estimate of drug-likeness (QED) is 0.262. The van der Waals surface area contributed by atoms with E-state index in [0.717, 1.165) is 30.9 Å². The van der Waals surface area contributed by atoms with Crippen molar-refractivity contribution in [1.82, 2.24) is 20.8 Å². The van der Waals surface area contributed by atoms with Gasteiger partial charge in [-0.05, 0) is 44.4 Å². The second-order valence-electron chi connectivity index (χ2n) is 7.47. The third-order valence-electron chi connectivity index (χ3n) is 4.95. The first kappa shape index (κ1) is 25.2. The number of nitrogens with one attached hydrogen (secondary N) is 2. The number of hydrogen-bond donors (Lipinski definition) is 3. The van der Waals surface area contributed by atoms with Crippen LogP contribution in [0.1, 0.15) is 50.6 Å². The van der Waals surface area contributed by atoms with Gasteiger partial charge in [-0.3, -0.25) is 0 Å². The van der Waals surface area contributed by atoms with Gasteiger partial charge in [0.15, 0.2) is 11.6 Å². The standard InChI is InChI=1S/C25H36N6O/c1-6-21(32)16-17-31(9-4)25-18-24(27-22(7-2)30-26-8-3)28-23(29-25)15-14-20-12-10-19(5)11-13-20/h7,10-15,18,21,26,32H,2,6,8-9,16-17H2,1,3-5H3,(H,27,28,29,30)/b15-14+. The highest BCUT2D eigenvalue weighted by atomic mass is 16.3. The highest BCUT2D eigenvalue weighted by molar-refractivity contribution is 5.93. The number of nitrogens with zero attached hydrogens (tertiary/aromatic N) is 4. The van der Waals surface area contributed by atoms with E-state index in [4.69, 9.17) is 4.98 Å². The number of aryl methyl sites for hydroxylation is 1. The molecule has 0 amide bonds. The molecule has 0 spiro atoms. The molecule has 3 N–H and O–H groups in total. The number of hydrazine groups is 1. The predicted octanol–water partition coefficient (Wildman–Crippen LogP) is 4.27. The Hall–Kier alpha value is -3.03. The predicted molar refractivity (Wildman–Crippen MR) is 135 cm³/mol. The largest absolute Gasteiger partial charge is 0.393 e. The molecule has 0 radical (unpaired) electrons. The van der Waals surface area contributed by atoms with E-state index in [0.29, 0.717) is 30.4 Å². The molecule has 0 aliphatic carbocycles. The van der Waals surface area contributed by atoms with Crippen molar-refractivity contribution < 1.29 is 5.11 Å². The molecular weight excluding hydrogens is 400 g/mol. The topological polar surface area (TPSA) is 85.7 Å². The highest BCUT2D eigenvalue weighted by Gasteiger charge is 2.12. The van der Waals surface area contributed by atoms with Gasteiger partial charge in [0.05, 0.1) is 6.10 Å². The first-order valence-corrected chi connectivity index (χ1v) is 11.3. The molecule has 0 aliphatic rings. The lowest BCUT2D eigenvalue weighted by molar-refractivity contribution is 0.162. The number of amidine groups is 1. The molecule has 1 unspecified atom stereocenters. The molecule has 1 aromatic carbocycles. The fourth-order valence-electron chi connectivity index (χ4n) is 2.95. The van der Waals surface area contributed by atoms with E-state index in [1.165, 1.54) is 5.56 Å². The Morgan fingerprint density at radius 3 is 2.56 bits per heavy atom. The zero-order valence-electron chi connectivity index (χ0n) is 19.7. The Morgan fingerprint density at radius 2 is 1.94 bits per heavy atom. The number of rotatable bonds is 12. The number of hydrogen-bond acceptors (Lipinski definition) is 6. The van der Waals surface area contributed by atoms with E-state index < -0.39 is 0 Å². The lowest BCUT2D eigenvalue weighted by atomic mass is 10.1. The molecule has 1 atom stereocenters. The van der Waals surface area contributed by atoms with E-state index in [2.05, 4.69) is 70.4 Å². The van der Waals surface area contributed by atoms with Crippen molar-refractivity contribution in [2.75, 3.05) is 24.5 Å². The van der Waals surface area contributed by atoms with Crippen LogP contribution in [0.3, 0.4) is 0 Å². The third-order valence-corrected chi connectivity index (χ3v) is 4.95. The molecule has 32 heavy (non-hydrogen) atoms. The summed E-state index contributed by atoms with van der Waals surface area (Å²) in [6, 6.07) is 10.1. The molecule has 2 rings (SSSR count). The molecule has 0 saturated heterocycles. The number of anilines is 1. The van der Waals surface area contributed by atoms with Crippen molar-refractivity contribution in [3.05, 3.63) is 59.9 Å². The number of aliphatic imine (C=N–C) groups is 1. The molecule has 172 valence electrons. The van der Waals surface area contributed by atoms with Gasteiger partial charge in [0.2, 0.25) is 0 Å². The number of aliphatic hydroxyl groups is 1. The summed E-state index contributed by atoms with van der Waals surface area (Å²) in [5, 5.41) is 10.0. The van der Waals surface area contributed by atoms with E-state index in [1.54, 1.807) is 6.08 Å². The van der Waals surface area contributed by atoms with Crippen molar-refractivity contribution in [1.29, 1.82) is 0 Å². The van der Waals surface area contributed by atoms with Gasteiger partial charge in [0.25, 0.3) is 0 Å². The summed E-state index contributed by atoms with van der Waals surface area (Å²) >= 11 is 0. The fourth-order valence-corrected chi connectivity index (χ4v) is 2.95. The first-order valence-electron chi connectivity index (χ1n) is 11.3. The third kappa shape index (κ3) is 8.24. The summed E-state index contributed by atoms with van der Waals surface area (Å²) < 4.78 is 0. The molecule has 1 aromatic heterocycles. The Bertz CT molecular complexity index is 907. The van der Waals surface area contributed by atoms with Crippen molar-refractivity contribution in [3.63, 3.8) is 0 Å². The summed E-state index contributed by atoms with van der Waals surface area (Å²) in [4.78, 5) is 16.1. The molecule has 0 bridgehead atoms. The van der Waals surface area contributed by atoms with Crippen LogP contribution in [0.5, 0.6) is 0 Å². The van der Waals surface area contributed by atoms with E-state index in [9.17, 15) is 5.11 Å². The zero-order valence-corrected chi connectivity index (χ0v) is 19.7. The van der Waals surface area contributed by atoms with Crippen molar-refractivity contribution in [3.8, 4) is 0 Å². The Labute approximate surface area is 192 Å². The van der Waals surface area contributed by atoms with Gasteiger partial charge in [0, 0.05) is 25.7 Å². The molecule has 1 heterocycles. The summed E-state index contributed by atoms with van der Waals surface area (Å²) in [5.41, 5.74) is 8.34. The van der Waals surface area contributed by atoms with Gasteiger partial charge in [-0.2, -0.15) is 0 Å². The normalized spacial score (nSPS) is 12.7. The Kier molecular flexibility index (Phi) is 10.6. The average molecular weight is 437 g/mol. The van der Waals surface area contributed by atoms with E-state index >= 15 is 0 Å². The number of aliphatic hydroxyl groups excluding tert-OH is 1. The maximum Gasteiger partial charge on any atom is 0.160 e. The molecule has 0 aliphatic heterocycles. The average Bonchev–Trinajstić information content (AvgIpc) is 2.81. The van der Waals surface area contributed by atoms with Crippen molar-refractivity contribution in [2.45, 2.75) is 46.6 Å². The van der Waals surface area contributed by atoms with Crippen LogP contribution >= 0.6 is 0 Å². The monoisotopic (exact) mass is 436 g/mol. The van der Waals surface area contributed by atoms with Crippen LogP contribution in [0.2, 0.25) is 0 Å². The SMILES string of the molecule is C=C/C(=N\c1cc(N(CC)CCC(O)CC)nc(/C=C/c2ccc(C)cc2)n1)NNCC. The van der Waals surface area contributed by atoms with Gasteiger partial charge in [-0.15, -0.1) is 0 Å². The zero-order chi connectivity index (χ0) is 23.3. The number of benzene rings is 1. The molecule has 0 saturated carbocycles. The fraction of sp³-hybridized carbons (Fsp3) is 0.400. The smallest absolute Gasteiger partial charge is 0.160 e. The van der Waals surface area contributed by atoms with Gasteiger partial charge in [0.1, 0.15) is 11.7 Å². The van der Waals surface area contributed by atoms with Crippen molar-refractivity contribution in [2.24, 2.45) is 4.99 Å². The second-order valence-corrected chi connectivity index (χ2v) is 7.47. The minimum Gasteiger partial charge on any atom is -0.393 e. The molecular formula is C25H36N6O. The Morgan fingerprint density at radius 1 is 1.19 bits per heavy atom. The Balaban J connectivity index is 2.40. The molecule has 7 nitrogen and oxygen atoms in total. The van der Waals surface area contributed by atoms with Crippen LogP contribution in [0.15, 0.2) is 48.0 Å². The summed E-state index contributed by atoms with van der Waals surface area (Å²) in [7, 11) is 0. The minimum atomic E-state index is -0.319. The van der Waals surface area contributed by atoms with Gasteiger partial charge in [-0.1, -0.05) is 56.3 Å². The van der Waals surface area contributed by atoms with Gasteiger partial charge >= 0.3 is 0 Å². The maximum absolute atomic E-state index is 10.0. The van der Waals surface area contributed by atoms with E-state index in [1.807, 2.05) is 32.1 Å². The van der Waals surface area contributed by atoms with Crippen LogP contribution in [0.25, 0.3) is 12.2 Å². The molecule has 2 aromatic rings. The van der Waals surface area contributed by atoms with Gasteiger partial charge in [-0.25, -0.2) is 20.4 Å². The van der Waals surface area contributed by atoms with Gasteiger partial charge < -0.3 is 15.4 Å². The maximum atomic E-state index is 10.0. The molecule has 0 fully saturated rings. The minimum absolute atomic E-state index is 0.319. The lowest BCUT2D eigenvalue weighted by Crippen LogP contribution is -2.35. The van der Waals surface area contributed by atoms with Crippen LogP contribution in [0, 0.1) is 6.92 Å². The first-order chi connectivity index (χ1) is 15.5. The van der Waals surface area contributed by atoms with Crippen LogP contribution in [0.4, 0.5) is 11.6 Å². The second kappa shape index (κ2) is 13.4. The highest BCUT2D eigenvalue weighted by Crippen LogP contribution is 2.20. The summed E-state index contributed by atoms with van der Waals surface area (Å²) in [6.07, 6.45) is 6.63. The van der Waals surface area contributed by atoms with Crippen LogP contribution in [-0.2, 0) is 0 Å². The molecule has 7 heteroatoms. The summed E-state index contributed by atoms with van der Waals surface area (Å²) in [6.45, 7) is 14.2. The van der Waals surface area contributed by atoms with E-state index in [-0.39, 0.29) is 6.10 Å². The van der Waals surface area contributed by atoms with Crippen LogP contribution in [-0.4, -0.2) is 46.6 Å².